The molecule has 5 atom stereocenters. The SMILES string of the molecule is CCCCCCCCCCCCCCCCCCCCCCCC(=O)O[C@H](COC(=O)CCCCCCCCCCCCCCCC(C)C)COP(=O)(O)OC[C@@H](O)COP(=O)(O)OC[C@@H](COC(=O)CCCCCCCCCCCCC(C)C)OC(=O)CCCCCCCCCCCCCCCC. The van der Waals surface area contributed by atoms with Crippen LogP contribution in [0.5, 0.6) is 0 Å². The summed E-state index contributed by atoms with van der Waals surface area (Å²) in [7, 11) is -9.93. The molecule has 0 aliphatic rings. The predicted octanol–water partition coefficient (Wildman–Crippen LogP) is 25.8. The maximum absolute atomic E-state index is 13.1. The Bertz CT molecular complexity index is 1990. The van der Waals surface area contributed by atoms with Gasteiger partial charge in [0, 0.05) is 25.7 Å². The van der Waals surface area contributed by atoms with Crippen molar-refractivity contribution in [1.29, 1.82) is 0 Å². The van der Waals surface area contributed by atoms with Gasteiger partial charge >= 0.3 is 39.5 Å². The van der Waals surface area contributed by atoms with E-state index in [9.17, 15) is 43.2 Å². The predicted molar refractivity (Wildman–Crippen MR) is 428 cm³/mol. The number of phosphoric acid groups is 2. The zero-order valence-electron chi connectivity index (χ0n) is 68.3. The fourth-order valence-electron chi connectivity index (χ4n) is 13.2. The summed E-state index contributed by atoms with van der Waals surface area (Å²) in [5, 5.41) is 10.7. The molecule has 19 heteroatoms. The molecule has 0 aromatic carbocycles. The van der Waals surface area contributed by atoms with Gasteiger partial charge in [-0.1, -0.05) is 401 Å². The summed E-state index contributed by atoms with van der Waals surface area (Å²) in [5.41, 5.74) is 0. The summed E-state index contributed by atoms with van der Waals surface area (Å²) in [5.74, 6) is -0.552. The molecule has 618 valence electrons. The third-order valence-electron chi connectivity index (χ3n) is 20.0. The van der Waals surface area contributed by atoms with Crippen LogP contribution in [0.4, 0.5) is 0 Å². The Morgan fingerprint density at radius 1 is 0.260 bits per heavy atom. The molecule has 0 aromatic rings. The monoisotopic (exact) mass is 1520 g/mol. The summed E-state index contributed by atoms with van der Waals surface area (Å²) < 4.78 is 68.9. The van der Waals surface area contributed by atoms with Crippen molar-refractivity contribution in [3.8, 4) is 0 Å². The number of hydrogen-bond acceptors (Lipinski definition) is 15. The number of phosphoric ester groups is 2. The minimum atomic E-state index is -4.97. The number of rotatable bonds is 84. The van der Waals surface area contributed by atoms with E-state index in [-0.39, 0.29) is 25.7 Å². The van der Waals surface area contributed by atoms with Crippen molar-refractivity contribution in [3.63, 3.8) is 0 Å². The molecule has 3 N–H and O–H groups in total. The fraction of sp³-hybridized carbons (Fsp3) is 0.953. The molecule has 0 amide bonds. The highest BCUT2D eigenvalue weighted by molar-refractivity contribution is 7.47. The third-order valence-corrected chi connectivity index (χ3v) is 21.9. The average Bonchev–Trinajstić information content (AvgIpc) is 0.907. The number of esters is 4. The first-order valence-corrected chi connectivity index (χ1v) is 47.0. The Morgan fingerprint density at radius 3 is 0.654 bits per heavy atom. The Morgan fingerprint density at radius 2 is 0.442 bits per heavy atom. The van der Waals surface area contributed by atoms with Crippen molar-refractivity contribution >= 4 is 39.5 Å². The van der Waals surface area contributed by atoms with Crippen LogP contribution < -0.4 is 0 Å². The van der Waals surface area contributed by atoms with Crippen LogP contribution in [0.1, 0.15) is 452 Å². The lowest BCUT2D eigenvalue weighted by Gasteiger charge is -2.21. The van der Waals surface area contributed by atoms with Crippen LogP contribution in [0.3, 0.4) is 0 Å². The van der Waals surface area contributed by atoms with Gasteiger partial charge in [0.1, 0.15) is 19.3 Å². The zero-order chi connectivity index (χ0) is 76.4. The van der Waals surface area contributed by atoms with E-state index in [4.69, 9.17) is 37.0 Å². The van der Waals surface area contributed by atoms with Gasteiger partial charge in [-0.2, -0.15) is 0 Å². The summed E-state index contributed by atoms with van der Waals surface area (Å²) in [6.07, 6.45) is 68.0. The van der Waals surface area contributed by atoms with Gasteiger partial charge in [0.05, 0.1) is 26.4 Å². The van der Waals surface area contributed by atoms with Crippen molar-refractivity contribution in [2.45, 2.75) is 471 Å². The highest BCUT2D eigenvalue weighted by Gasteiger charge is 2.30. The van der Waals surface area contributed by atoms with Crippen LogP contribution in [-0.2, 0) is 65.4 Å². The lowest BCUT2D eigenvalue weighted by atomic mass is 10.0. The average molecular weight is 1520 g/mol. The fourth-order valence-corrected chi connectivity index (χ4v) is 14.8. The van der Waals surface area contributed by atoms with E-state index in [0.717, 1.165) is 102 Å². The minimum Gasteiger partial charge on any atom is -0.462 e. The van der Waals surface area contributed by atoms with E-state index in [1.807, 2.05) is 0 Å². The first-order valence-electron chi connectivity index (χ1n) is 44.0. The van der Waals surface area contributed by atoms with Gasteiger partial charge in [-0.25, -0.2) is 9.13 Å². The molecule has 0 heterocycles. The van der Waals surface area contributed by atoms with Gasteiger partial charge in [-0.3, -0.25) is 37.3 Å². The number of carbonyl (C=O) groups excluding carboxylic acids is 4. The summed E-state index contributed by atoms with van der Waals surface area (Å²) in [6.45, 7) is 9.68. The van der Waals surface area contributed by atoms with Crippen molar-refractivity contribution < 1.29 is 80.2 Å². The van der Waals surface area contributed by atoms with E-state index in [1.54, 1.807) is 0 Å². The lowest BCUT2D eigenvalue weighted by molar-refractivity contribution is -0.161. The maximum Gasteiger partial charge on any atom is 0.472 e. The van der Waals surface area contributed by atoms with Crippen molar-refractivity contribution in [1.82, 2.24) is 0 Å². The number of hydrogen-bond donors (Lipinski definition) is 3. The van der Waals surface area contributed by atoms with Crippen molar-refractivity contribution in [2.75, 3.05) is 39.6 Å². The van der Waals surface area contributed by atoms with Crippen molar-refractivity contribution in [2.24, 2.45) is 11.8 Å². The Hall–Kier alpha value is -1.94. The standard InChI is InChI=1S/C85H166O17P2/c1-7-9-11-13-15-17-19-21-23-24-25-26-27-28-29-33-38-46-52-58-64-70-85(90)101-80(73-95-82(87)67-61-55-49-43-36-34-30-31-35-41-47-53-59-65-77(3)4)75-99-103(91,92)97-71-79(86)72-98-104(93,94)100-76-81(74-96-83(88)68-62-56-50-44-40-39-42-48-54-60-66-78(5)6)102-84(89)69-63-57-51-45-37-32-22-20-18-16-14-12-10-8-2/h77-81,86H,7-76H2,1-6H3,(H,91,92)(H,93,94)/t79-,80-,81-/m1/s1. The Labute approximate surface area is 638 Å². The van der Waals surface area contributed by atoms with E-state index >= 15 is 0 Å². The Kier molecular flexibility index (Phi) is 75.0. The van der Waals surface area contributed by atoms with Crippen LogP contribution in [0, 0.1) is 11.8 Å². The Balaban J connectivity index is 5.25. The second-order valence-corrected chi connectivity index (χ2v) is 34.4. The molecular weight excluding hydrogens is 1350 g/mol. The summed E-state index contributed by atoms with van der Waals surface area (Å²) in [6, 6.07) is 0. The topological polar surface area (TPSA) is 237 Å². The highest BCUT2D eigenvalue weighted by Crippen LogP contribution is 2.45. The van der Waals surface area contributed by atoms with Gasteiger partial charge in [0.2, 0.25) is 0 Å². The molecule has 104 heavy (non-hydrogen) atoms. The van der Waals surface area contributed by atoms with Crippen LogP contribution in [0.15, 0.2) is 0 Å². The van der Waals surface area contributed by atoms with Crippen LogP contribution >= 0.6 is 15.6 Å². The third kappa shape index (κ3) is 78.2. The van der Waals surface area contributed by atoms with Crippen molar-refractivity contribution in [3.05, 3.63) is 0 Å². The number of ether oxygens (including phenoxy) is 4. The van der Waals surface area contributed by atoms with E-state index < -0.39 is 97.5 Å². The molecule has 0 bridgehead atoms. The molecule has 17 nitrogen and oxygen atoms in total. The maximum atomic E-state index is 13.1. The number of aliphatic hydroxyl groups is 1. The van der Waals surface area contributed by atoms with E-state index in [1.165, 1.54) is 270 Å². The van der Waals surface area contributed by atoms with Crippen LogP contribution in [-0.4, -0.2) is 96.7 Å². The van der Waals surface area contributed by atoms with Crippen LogP contribution in [0.25, 0.3) is 0 Å². The molecular formula is C85H166O17P2. The molecule has 2 unspecified atom stereocenters. The van der Waals surface area contributed by atoms with Crippen LogP contribution in [0.2, 0.25) is 0 Å². The lowest BCUT2D eigenvalue weighted by Crippen LogP contribution is -2.30. The molecule has 0 rings (SSSR count). The molecule has 0 spiro atoms. The van der Waals surface area contributed by atoms with Gasteiger partial charge < -0.3 is 33.8 Å². The second-order valence-electron chi connectivity index (χ2n) is 31.5. The van der Waals surface area contributed by atoms with E-state index in [2.05, 4.69) is 41.5 Å². The van der Waals surface area contributed by atoms with E-state index in [0.29, 0.717) is 25.7 Å². The number of aliphatic hydroxyl groups excluding tert-OH is 1. The zero-order valence-corrected chi connectivity index (χ0v) is 70.1. The number of carbonyl (C=O) groups is 4. The van der Waals surface area contributed by atoms with Gasteiger partial charge in [-0.05, 0) is 37.5 Å². The van der Waals surface area contributed by atoms with Gasteiger partial charge in [0.15, 0.2) is 12.2 Å². The number of unbranched alkanes of at least 4 members (excludes halogenated alkanes) is 54. The summed E-state index contributed by atoms with van der Waals surface area (Å²) in [4.78, 5) is 73.2. The highest BCUT2D eigenvalue weighted by atomic mass is 31.2. The first kappa shape index (κ1) is 102. The first-order chi connectivity index (χ1) is 50.4. The largest absolute Gasteiger partial charge is 0.472 e. The second kappa shape index (κ2) is 76.4. The molecule has 0 saturated heterocycles. The molecule has 0 aliphatic heterocycles. The smallest absolute Gasteiger partial charge is 0.462 e. The van der Waals surface area contributed by atoms with Gasteiger partial charge in [0.25, 0.3) is 0 Å². The summed E-state index contributed by atoms with van der Waals surface area (Å²) >= 11 is 0. The molecule has 0 radical (unpaired) electrons. The molecule has 0 aromatic heterocycles. The quantitative estimate of drug-likeness (QED) is 0.0222. The molecule has 0 saturated carbocycles. The normalized spacial score (nSPS) is 13.8. The molecule has 0 aliphatic carbocycles. The molecule has 0 fully saturated rings. The minimum absolute atomic E-state index is 0.108. The van der Waals surface area contributed by atoms with Gasteiger partial charge in [-0.15, -0.1) is 0 Å².